The second kappa shape index (κ2) is 8.33. The van der Waals surface area contributed by atoms with Gasteiger partial charge in [0, 0.05) is 38.1 Å². The minimum absolute atomic E-state index is 0.0292. The van der Waals surface area contributed by atoms with Crippen molar-refractivity contribution in [1.29, 1.82) is 0 Å². The molecular formula is C23H34N4O2. The molecule has 0 aromatic carbocycles. The summed E-state index contributed by atoms with van der Waals surface area (Å²) in [5, 5.41) is 3.01. The number of urea groups is 1. The summed E-state index contributed by atoms with van der Waals surface area (Å²) in [6.07, 6.45) is 10.9. The minimum atomic E-state index is -0.203. The molecule has 6 nitrogen and oxygen atoms in total. The number of hydrogen-bond acceptors (Lipinski definition) is 3. The van der Waals surface area contributed by atoms with Crippen LogP contribution in [0.15, 0.2) is 24.5 Å². The fourth-order valence-corrected chi connectivity index (χ4v) is 5.51. The van der Waals surface area contributed by atoms with Crippen molar-refractivity contribution in [3.8, 4) is 0 Å². The van der Waals surface area contributed by atoms with E-state index in [1.165, 1.54) is 12.0 Å². The van der Waals surface area contributed by atoms with Crippen LogP contribution < -0.4 is 5.32 Å². The number of nitrogens with one attached hydrogen (secondary N) is 1. The number of nitrogens with zero attached hydrogens (tertiary/aromatic N) is 3. The van der Waals surface area contributed by atoms with Gasteiger partial charge < -0.3 is 15.1 Å². The van der Waals surface area contributed by atoms with Gasteiger partial charge in [0.25, 0.3) is 0 Å². The lowest BCUT2D eigenvalue weighted by atomic mass is 9.59. The molecule has 4 rings (SSSR count). The molecule has 1 saturated carbocycles. The Morgan fingerprint density at radius 3 is 2.45 bits per heavy atom. The molecule has 1 aromatic rings. The summed E-state index contributed by atoms with van der Waals surface area (Å²) in [5.74, 6) is 0.796. The zero-order valence-electron chi connectivity index (χ0n) is 17.8. The third-order valence-electron chi connectivity index (χ3n) is 7.04. The highest BCUT2D eigenvalue weighted by Gasteiger charge is 2.62. The zero-order valence-corrected chi connectivity index (χ0v) is 17.8. The van der Waals surface area contributed by atoms with E-state index in [4.69, 9.17) is 0 Å². The second-order valence-corrected chi connectivity index (χ2v) is 9.41. The van der Waals surface area contributed by atoms with Crippen molar-refractivity contribution in [3.05, 3.63) is 30.1 Å². The van der Waals surface area contributed by atoms with Crippen molar-refractivity contribution >= 4 is 11.9 Å². The fraction of sp³-hybridized carbons (Fsp3) is 0.696. The average molecular weight is 399 g/mol. The highest BCUT2D eigenvalue weighted by molar-refractivity contribution is 5.91. The van der Waals surface area contributed by atoms with E-state index in [1.54, 1.807) is 0 Å². The highest BCUT2D eigenvalue weighted by Crippen LogP contribution is 2.59. The van der Waals surface area contributed by atoms with Crippen LogP contribution in [0.1, 0.15) is 70.4 Å². The number of likely N-dealkylation sites (tertiary alicyclic amines) is 2. The summed E-state index contributed by atoms with van der Waals surface area (Å²) in [5.41, 5.74) is 1.02. The first-order valence-electron chi connectivity index (χ1n) is 11.3. The monoisotopic (exact) mass is 398 g/mol. The number of piperidine rings is 1. The van der Waals surface area contributed by atoms with E-state index in [0.29, 0.717) is 31.5 Å². The maximum absolute atomic E-state index is 13.4. The first-order valence-corrected chi connectivity index (χ1v) is 11.3. The van der Waals surface area contributed by atoms with Gasteiger partial charge in [0.05, 0.1) is 11.5 Å². The second-order valence-electron chi connectivity index (χ2n) is 9.41. The predicted octanol–water partition coefficient (Wildman–Crippen LogP) is 3.75. The van der Waals surface area contributed by atoms with E-state index >= 15 is 0 Å². The molecule has 3 fully saturated rings. The molecule has 1 atom stereocenters. The largest absolute Gasteiger partial charge is 0.338 e. The number of pyridine rings is 1. The van der Waals surface area contributed by atoms with E-state index in [0.717, 1.165) is 38.5 Å². The van der Waals surface area contributed by atoms with Crippen molar-refractivity contribution in [2.24, 2.45) is 11.3 Å². The smallest absolute Gasteiger partial charge is 0.317 e. The maximum Gasteiger partial charge on any atom is 0.317 e. The van der Waals surface area contributed by atoms with Gasteiger partial charge in [-0.15, -0.1) is 0 Å². The van der Waals surface area contributed by atoms with E-state index in [-0.39, 0.29) is 23.5 Å². The SMILES string of the molecule is CC(C)CNC(=O)N1CCC(N2C(=O)C3(CCCCC3)C2c2ccncc2)CC1. The molecule has 29 heavy (non-hydrogen) atoms. The molecule has 2 aliphatic heterocycles. The van der Waals surface area contributed by atoms with E-state index < -0.39 is 0 Å². The van der Waals surface area contributed by atoms with Crippen LogP contribution in [0.25, 0.3) is 0 Å². The van der Waals surface area contributed by atoms with Crippen LogP contribution in [0.4, 0.5) is 4.79 Å². The van der Waals surface area contributed by atoms with Gasteiger partial charge in [-0.2, -0.15) is 0 Å². The fourth-order valence-electron chi connectivity index (χ4n) is 5.51. The first-order chi connectivity index (χ1) is 14.0. The molecule has 0 radical (unpaired) electrons. The summed E-state index contributed by atoms with van der Waals surface area (Å²) in [6, 6.07) is 4.58. The van der Waals surface area contributed by atoms with Crippen LogP contribution in [0.3, 0.4) is 0 Å². The molecule has 1 N–H and O–H groups in total. The van der Waals surface area contributed by atoms with E-state index in [9.17, 15) is 9.59 Å². The quantitative estimate of drug-likeness (QED) is 0.786. The van der Waals surface area contributed by atoms with Gasteiger partial charge >= 0.3 is 6.03 Å². The summed E-state index contributed by atoms with van der Waals surface area (Å²) in [7, 11) is 0. The molecule has 1 spiro atoms. The van der Waals surface area contributed by atoms with E-state index in [1.807, 2.05) is 17.3 Å². The van der Waals surface area contributed by atoms with Gasteiger partial charge in [-0.25, -0.2) is 4.79 Å². The van der Waals surface area contributed by atoms with Gasteiger partial charge in [0.2, 0.25) is 5.91 Å². The Hall–Kier alpha value is -2.11. The number of carbonyl (C=O) groups excluding carboxylic acids is 2. The number of rotatable bonds is 4. The molecule has 0 bridgehead atoms. The Labute approximate surface area is 174 Å². The van der Waals surface area contributed by atoms with Gasteiger partial charge in [-0.1, -0.05) is 33.1 Å². The average Bonchev–Trinajstić information content (AvgIpc) is 2.76. The Bertz CT molecular complexity index is 722. The summed E-state index contributed by atoms with van der Waals surface area (Å²) >= 11 is 0. The van der Waals surface area contributed by atoms with Gasteiger partial charge in [0.15, 0.2) is 0 Å². The Balaban J connectivity index is 1.45. The van der Waals surface area contributed by atoms with Crippen LogP contribution in [-0.4, -0.2) is 52.4 Å². The predicted molar refractivity (Wildman–Crippen MR) is 112 cm³/mol. The van der Waals surface area contributed by atoms with Crippen LogP contribution in [0.2, 0.25) is 0 Å². The number of carbonyl (C=O) groups is 2. The van der Waals surface area contributed by atoms with Gasteiger partial charge in [-0.05, 0) is 49.3 Å². The van der Waals surface area contributed by atoms with Crippen molar-refractivity contribution in [2.75, 3.05) is 19.6 Å². The molecule has 158 valence electrons. The molecule has 3 amide bonds. The first kappa shape index (κ1) is 20.2. The van der Waals surface area contributed by atoms with Crippen molar-refractivity contribution in [2.45, 2.75) is 70.9 Å². The van der Waals surface area contributed by atoms with Crippen LogP contribution in [0, 0.1) is 11.3 Å². The molecule has 2 saturated heterocycles. The van der Waals surface area contributed by atoms with Crippen LogP contribution >= 0.6 is 0 Å². The topological polar surface area (TPSA) is 65.5 Å². The molecule has 1 aromatic heterocycles. The van der Waals surface area contributed by atoms with Crippen molar-refractivity contribution in [3.63, 3.8) is 0 Å². The van der Waals surface area contributed by atoms with Gasteiger partial charge in [-0.3, -0.25) is 9.78 Å². The third-order valence-corrected chi connectivity index (χ3v) is 7.04. The Morgan fingerprint density at radius 2 is 1.83 bits per heavy atom. The van der Waals surface area contributed by atoms with Gasteiger partial charge in [0.1, 0.15) is 0 Å². The number of β-lactam (4-membered cyclic amide) rings is 1. The number of amides is 3. The lowest BCUT2D eigenvalue weighted by Crippen LogP contribution is -2.68. The molecule has 3 heterocycles. The summed E-state index contributed by atoms with van der Waals surface area (Å²) < 4.78 is 0. The molecule has 1 aliphatic carbocycles. The molecule has 3 aliphatic rings. The summed E-state index contributed by atoms with van der Waals surface area (Å²) in [4.78, 5) is 34.1. The Kier molecular flexibility index (Phi) is 5.79. The molecule has 1 unspecified atom stereocenters. The van der Waals surface area contributed by atoms with Crippen LogP contribution in [0.5, 0.6) is 0 Å². The number of aromatic nitrogens is 1. The highest BCUT2D eigenvalue weighted by atomic mass is 16.2. The third kappa shape index (κ3) is 3.74. The van der Waals surface area contributed by atoms with Crippen molar-refractivity contribution < 1.29 is 9.59 Å². The van der Waals surface area contributed by atoms with Crippen molar-refractivity contribution in [1.82, 2.24) is 20.1 Å². The minimum Gasteiger partial charge on any atom is -0.338 e. The molecule has 6 heteroatoms. The Morgan fingerprint density at radius 1 is 1.17 bits per heavy atom. The van der Waals surface area contributed by atoms with E-state index in [2.05, 4.69) is 41.2 Å². The standard InChI is InChI=1S/C23H34N4O2/c1-17(2)16-25-22(29)26-14-8-19(9-15-26)27-20(18-6-12-24-13-7-18)23(21(27)28)10-4-3-5-11-23/h6-7,12-13,17,19-20H,3-5,8-11,14-16H2,1-2H3,(H,25,29). The lowest BCUT2D eigenvalue weighted by Gasteiger charge is -2.61. The summed E-state index contributed by atoms with van der Waals surface area (Å²) in [6.45, 7) is 6.34. The number of hydrogen-bond donors (Lipinski definition) is 1. The van der Waals surface area contributed by atoms with Crippen LogP contribution in [-0.2, 0) is 4.79 Å². The maximum atomic E-state index is 13.4. The normalized spacial score (nSPS) is 24.7. The zero-order chi connectivity index (χ0) is 20.4. The molecular weight excluding hydrogens is 364 g/mol. The lowest BCUT2D eigenvalue weighted by molar-refractivity contribution is -0.186.